The Morgan fingerprint density at radius 3 is 0.571 bits per heavy atom. The fourth-order valence-corrected chi connectivity index (χ4v) is 4.48. The number of anilines is 3. The lowest BCUT2D eigenvalue weighted by atomic mass is 9.86. The maximum atomic E-state index is 14.3. The van der Waals surface area contributed by atoms with Crippen LogP contribution in [0, 0.1) is 87.3 Å². The summed E-state index contributed by atoms with van der Waals surface area (Å²) in [5, 5.41) is 5.74. The molecular formula is C24H12F15N3. The molecule has 1 aliphatic rings. The largest absolute Gasteiger partial charge is 0.377 e. The average Bonchev–Trinajstić information content (AvgIpc) is 2.97. The van der Waals surface area contributed by atoms with Crippen LogP contribution < -0.4 is 16.0 Å². The van der Waals surface area contributed by atoms with Crippen LogP contribution in [0.5, 0.6) is 0 Å². The monoisotopic (exact) mass is 627 g/mol. The van der Waals surface area contributed by atoms with E-state index >= 15 is 0 Å². The number of nitrogens with one attached hydrogen (secondary N) is 3. The van der Waals surface area contributed by atoms with Crippen LogP contribution in [0.3, 0.4) is 0 Å². The summed E-state index contributed by atoms with van der Waals surface area (Å²) in [5.41, 5.74) is -4.87. The highest BCUT2D eigenvalue weighted by Crippen LogP contribution is 2.35. The van der Waals surface area contributed by atoms with Gasteiger partial charge in [-0.25, -0.2) is 65.9 Å². The number of benzene rings is 3. The smallest absolute Gasteiger partial charge is 0.200 e. The van der Waals surface area contributed by atoms with Crippen molar-refractivity contribution in [2.45, 2.75) is 37.4 Å². The van der Waals surface area contributed by atoms with Gasteiger partial charge in [0.25, 0.3) is 0 Å². The van der Waals surface area contributed by atoms with Crippen LogP contribution in [0.1, 0.15) is 19.3 Å². The molecule has 0 heterocycles. The highest BCUT2D eigenvalue weighted by molar-refractivity contribution is 5.52. The Kier molecular flexibility index (Phi) is 8.37. The van der Waals surface area contributed by atoms with Crippen LogP contribution >= 0.6 is 0 Å². The van der Waals surface area contributed by atoms with Gasteiger partial charge in [0.15, 0.2) is 69.8 Å². The normalized spacial score (nSPS) is 18.8. The molecule has 42 heavy (non-hydrogen) atoms. The molecule has 228 valence electrons. The molecule has 0 amide bonds. The van der Waals surface area contributed by atoms with E-state index in [-0.39, 0.29) is 0 Å². The van der Waals surface area contributed by atoms with Crippen molar-refractivity contribution in [2.24, 2.45) is 0 Å². The average molecular weight is 627 g/mol. The van der Waals surface area contributed by atoms with Gasteiger partial charge in [-0.15, -0.1) is 0 Å². The minimum Gasteiger partial charge on any atom is -0.377 e. The van der Waals surface area contributed by atoms with Gasteiger partial charge in [-0.05, 0) is 19.3 Å². The molecule has 0 aliphatic heterocycles. The Morgan fingerprint density at radius 1 is 0.262 bits per heavy atom. The van der Waals surface area contributed by atoms with E-state index in [0.29, 0.717) is 0 Å². The molecule has 0 bridgehead atoms. The first-order valence-corrected chi connectivity index (χ1v) is 11.4. The number of hydrogen-bond donors (Lipinski definition) is 3. The third kappa shape index (κ3) is 5.21. The van der Waals surface area contributed by atoms with Crippen LogP contribution in [0.4, 0.5) is 82.9 Å². The van der Waals surface area contributed by atoms with Gasteiger partial charge in [0.1, 0.15) is 17.1 Å². The van der Waals surface area contributed by atoms with E-state index in [9.17, 15) is 65.9 Å². The number of rotatable bonds is 6. The van der Waals surface area contributed by atoms with Crippen LogP contribution in [0.15, 0.2) is 0 Å². The van der Waals surface area contributed by atoms with Gasteiger partial charge in [0.2, 0.25) is 17.5 Å². The molecule has 3 aromatic rings. The second-order valence-corrected chi connectivity index (χ2v) is 9.07. The van der Waals surface area contributed by atoms with Gasteiger partial charge in [0, 0.05) is 18.1 Å². The third-order valence-electron chi connectivity index (χ3n) is 6.38. The molecule has 4 rings (SSSR count). The molecular weight excluding hydrogens is 615 g/mol. The molecule has 3 aromatic carbocycles. The summed E-state index contributed by atoms with van der Waals surface area (Å²) in [6.07, 6.45) is -1.93. The Hall–Kier alpha value is -3.99. The van der Waals surface area contributed by atoms with Gasteiger partial charge < -0.3 is 16.0 Å². The molecule has 3 N–H and O–H groups in total. The minimum atomic E-state index is -2.53. The van der Waals surface area contributed by atoms with E-state index in [1.807, 2.05) is 16.0 Å². The van der Waals surface area contributed by atoms with Crippen LogP contribution in [-0.4, -0.2) is 18.1 Å². The first kappa shape index (κ1) is 31.0. The first-order valence-electron chi connectivity index (χ1n) is 11.4. The minimum absolute atomic E-state index is 0.645. The lowest BCUT2D eigenvalue weighted by molar-refractivity contribution is 0.361. The second kappa shape index (κ2) is 11.4. The summed E-state index contributed by atoms with van der Waals surface area (Å²) < 4.78 is 208. The van der Waals surface area contributed by atoms with E-state index in [1.54, 1.807) is 0 Å². The van der Waals surface area contributed by atoms with Crippen molar-refractivity contribution in [3.05, 3.63) is 87.3 Å². The molecule has 0 radical (unpaired) electrons. The lowest BCUT2D eigenvalue weighted by Gasteiger charge is -2.37. The van der Waals surface area contributed by atoms with Crippen LogP contribution in [0.2, 0.25) is 0 Å². The molecule has 1 aliphatic carbocycles. The maximum Gasteiger partial charge on any atom is 0.200 e. The van der Waals surface area contributed by atoms with Crippen LogP contribution in [-0.2, 0) is 0 Å². The molecule has 1 saturated carbocycles. The highest BCUT2D eigenvalue weighted by atomic mass is 19.2. The van der Waals surface area contributed by atoms with Crippen molar-refractivity contribution in [2.75, 3.05) is 16.0 Å². The van der Waals surface area contributed by atoms with Crippen molar-refractivity contribution in [3.63, 3.8) is 0 Å². The summed E-state index contributed by atoms with van der Waals surface area (Å²) >= 11 is 0. The molecule has 0 saturated heterocycles. The van der Waals surface area contributed by atoms with E-state index in [0.717, 1.165) is 0 Å². The van der Waals surface area contributed by atoms with Crippen molar-refractivity contribution in [3.8, 4) is 0 Å². The van der Waals surface area contributed by atoms with Crippen molar-refractivity contribution < 1.29 is 65.9 Å². The van der Waals surface area contributed by atoms with E-state index in [4.69, 9.17) is 0 Å². The van der Waals surface area contributed by atoms with Crippen molar-refractivity contribution in [1.29, 1.82) is 0 Å². The zero-order valence-electron chi connectivity index (χ0n) is 20.0. The van der Waals surface area contributed by atoms with E-state index < -0.39 is 142 Å². The fourth-order valence-electron chi connectivity index (χ4n) is 4.48. The molecule has 18 heteroatoms. The fraction of sp³-hybridized carbons (Fsp3) is 0.250. The molecule has 0 spiro atoms. The summed E-state index contributed by atoms with van der Waals surface area (Å²) in [4.78, 5) is 0. The first-order chi connectivity index (χ1) is 19.6. The molecule has 0 aromatic heterocycles. The SMILES string of the molecule is Fc1c(F)c(F)c(NC2CC(Nc3c(F)c(F)c(F)c(F)c3F)CC(Nc3c(F)c(F)c(F)c(F)c3F)C2)c(F)c1F. The Labute approximate surface area is 224 Å². The standard InChI is InChI=1S/C24H12F15N3/c25-7-10(28)16(34)22(17(35)11(7)29)40-4-1-5(41-23-18(36)12(30)8(26)13(31)19(23)37)3-6(2-4)42-24-20(38)14(32)9(27)15(33)21(24)39/h4-6,40-42H,1-3H2. The Bertz CT molecular complexity index is 1300. The summed E-state index contributed by atoms with van der Waals surface area (Å²) in [6, 6.07) is -4.74. The van der Waals surface area contributed by atoms with E-state index in [2.05, 4.69) is 0 Å². The van der Waals surface area contributed by atoms with Gasteiger partial charge in [0.05, 0.1) is 0 Å². The molecule has 3 nitrogen and oxygen atoms in total. The second-order valence-electron chi connectivity index (χ2n) is 9.07. The summed E-state index contributed by atoms with van der Waals surface area (Å²) in [6.45, 7) is 0. The third-order valence-corrected chi connectivity index (χ3v) is 6.38. The Morgan fingerprint density at radius 2 is 0.405 bits per heavy atom. The Balaban J connectivity index is 1.74. The molecule has 0 unspecified atom stereocenters. The lowest BCUT2D eigenvalue weighted by Crippen LogP contribution is -2.44. The number of hydrogen-bond acceptors (Lipinski definition) is 3. The van der Waals surface area contributed by atoms with Crippen LogP contribution in [0.25, 0.3) is 0 Å². The highest BCUT2D eigenvalue weighted by Gasteiger charge is 2.36. The predicted octanol–water partition coefficient (Wildman–Crippen LogP) is 7.70. The van der Waals surface area contributed by atoms with Crippen molar-refractivity contribution >= 4 is 17.1 Å². The topological polar surface area (TPSA) is 36.1 Å². The van der Waals surface area contributed by atoms with Gasteiger partial charge >= 0.3 is 0 Å². The van der Waals surface area contributed by atoms with Gasteiger partial charge in [-0.1, -0.05) is 0 Å². The summed E-state index contributed by atoms with van der Waals surface area (Å²) in [5.74, 6) is -36.2. The summed E-state index contributed by atoms with van der Waals surface area (Å²) in [7, 11) is 0. The predicted molar refractivity (Wildman–Crippen MR) is 115 cm³/mol. The maximum absolute atomic E-state index is 14.3. The number of halogens is 15. The zero-order valence-corrected chi connectivity index (χ0v) is 20.0. The van der Waals surface area contributed by atoms with Gasteiger partial charge in [-0.3, -0.25) is 0 Å². The van der Waals surface area contributed by atoms with Crippen molar-refractivity contribution in [1.82, 2.24) is 0 Å². The van der Waals surface area contributed by atoms with Gasteiger partial charge in [-0.2, -0.15) is 0 Å². The molecule has 0 atom stereocenters. The zero-order chi connectivity index (χ0) is 31.4. The quantitative estimate of drug-likeness (QED) is 0.149. The molecule has 1 fully saturated rings. The van der Waals surface area contributed by atoms with E-state index in [1.165, 1.54) is 0 Å².